The Labute approximate surface area is 106 Å². The average Bonchev–Trinajstić information content (AvgIpc) is 2.20. The molecule has 0 unspecified atom stereocenters. The van der Waals surface area contributed by atoms with E-state index in [9.17, 15) is 5.11 Å². The highest BCUT2D eigenvalue weighted by Crippen LogP contribution is 2.50. The zero-order valence-corrected chi connectivity index (χ0v) is 11.7. The number of allylic oxidation sites excluding steroid dienone is 3. The lowest BCUT2D eigenvalue weighted by molar-refractivity contribution is -0.0763. The molecule has 1 nitrogen and oxygen atoms in total. The summed E-state index contributed by atoms with van der Waals surface area (Å²) in [5.41, 5.74) is 2.06. The van der Waals surface area contributed by atoms with Gasteiger partial charge in [0, 0.05) is 0 Å². The van der Waals surface area contributed by atoms with E-state index in [1.807, 2.05) is 6.92 Å². The van der Waals surface area contributed by atoms with Gasteiger partial charge in [0.1, 0.15) is 0 Å². The quantitative estimate of drug-likeness (QED) is 0.728. The van der Waals surface area contributed by atoms with E-state index >= 15 is 0 Å². The Morgan fingerprint density at radius 3 is 2.71 bits per heavy atom. The summed E-state index contributed by atoms with van der Waals surface area (Å²) in [5.74, 6) is 2.35. The summed E-state index contributed by atoms with van der Waals surface area (Å²) in [4.78, 5) is 0. The van der Waals surface area contributed by atoms with Crippen LogP contribution in [-0.2, 0) is 0 Å². The maximum Gasteiger partial charge on any atom is 0.0656 e. The van der Waals surface area contributed by atoms with Crippen molar-refractivity contribution in [3.63, 3.8) is 0 Å². The van der Waals surface area contributed by atoms with Crippen molar-refractivity contribution in [1.82, 2.24) is 0 Å². The van der Waals surface area contributed by atoms with Gasteiger partial charge in [0.15, 0.2) is 0 Å². The zero-order valence-electron chi connectivity index (χ0n) is 11.7. The third-order valence-corrected chi connectivity index (χ3v) is 5.06. The molecule has 1 heteroatoms. The van der Waals surface area contributed by atoms with Crippen LogP contribution in [0.1, 0.15) is 47.0 Å². The number of rotatable bonds is 1. The summed E-state index contributed by atoms with van der Waals surface area (Å²) in [5, 5.41) is 10.6. The van der Waals surface area contributed by atoms with E-state index in [1.165, 1.54) is 11.1 Å². The predicted octanol–water partition coefficient (Wildman–Crippen LogP) is 3.94. The number of hydrogen-bond acceptors (Lipinski definition) is 1. The van der Waals surface area contributed by atoms with E-state index in [0.717, 1.165) is 25.2 Å². The van der Waals surface area contributed by atoms with Crippen LogP contribution in [0, 0.1) is 23.7 Å². The molecular weight excluding hydrogens is 208 g/mol. The van der Waals surface area contributed by atoms with Crippen molar-refractivity contribution in [1.29, 1.82) is 0 Å². The molecule has 2 aliphatic carbocycles. The second-order valence-corrected chi connectivity index (χ2v) is 6.64. The molecule has 0 bridgehead atoms. The van der Waals surface area contributed by atoms with Gasteiger partial charge in [-0.3, -0.25) is 0 Å². The third kappa shape index (κ3) is 2.22. The Morgan fingerprint density at radius 1 is 1.47 bits per heavy atom. The predicted molar refractivity (Wildman–Crippen MR) is 72.7 cm³/mol. The van der Waals surface area contributed by atoms with E-state index in [1.54, 1.807) is 0 Å². The summed E-state index contributed by atoms with van der Waals surface area (Å²) >= 11 is 0. The highest BCUT2D eigenvalue weighted by molar-refractivity contribution is 5.32. The summed E-state index contributed by atoms with van der Waals surface area (Å²) in [6, 6.07) is 0. The van der Waals surface area contributed by atoms with E-state index in [0.29, 0.717) is 17.8 Å². The normalized spacial score (nSPS) is 42.4. The first-order valence-corrected chi connectivity index (χ1v) is 6.92. The van der Waals surface area contributed by atoms with Crippen molar-refractivity contribution in [3.8, 4) is 0 Å². The van der Waals surface area contributed by atoms with Crippen LogP contribution in [0.3, 0.4) is 0 Å². The van der Waals surface area contributed by atoms with Gasteiger partial charge in [-0.25, -0.2) is 0 Å². The first-order valence-electron chi connectivity index (χ1n) is 6.92. The first kappa shape index (κ1) is 12.9. The van der Waals surface area contributed by atoms with Gasteiger partial charge in [0.25, 0.3) is 0 Å². The number of fused-ring (bicyclic) bond motifs is 1. The fourth-order valence-corrected chi connectivity index (χ4v) is 3.76. The monoisotopic (exact) mass is 234 g/mol. The Morgan fingerprint density at radius 2 is 2.12 bits per heavy atom. The van der Waals surface area contributed by atoms with Crippen LogP contribution in [0.4, 0.5) is 0 Å². The fourth-order valence-electron chi connectivity index (χ4n) is 3.76. The van der Waals surface area contributed by atoms with Gasteiger partial charge in [0.05, 0.1) is 5.60 Å². The van der Waals surface area contributed by atoms with Crippen LogP contribution in [-0.4, -0.2) is 10.7 Å². The van der Waals surface area contributed by atoms with Crippen molar-refractivity contribution in [2.75, 3.05) is 0 Å². The maximum absolute atomic E-state index is 10.6. The van der Waals surface area contributed by atoms with E-state index in [2.05, 4.69) is 33.4 Å². The van der Waals surface area contributed by atoms with Crippen molar-refractivity contribution in [3.05, 3.63) is 23.8 Å². The minimum absolute atomic E-state index is 0.375. The molecule has 0 amide bonds. The highest BCUT2D eigenvalue weighted by atomic mass is 16.3. The zero-order chi connectivity index (χ0) is 12.8. The Kier molecular flexibility index (Phi) is 3.24. The van der Waals surface area contributed by atoms with Crippen LogP contribution in [0.2, 0.25) is 0 Å². The Bertz CT molecular complexity index is 349. The molecule has 0 aromatic heterocycles. The molecule has 96 valence electrons. The smallest absolute Gasteiger partial charge is 0.0656 e. The largest absolute Gasteiger partial charge is 0.390 e. The molecule has 0 aromatic rings. The molecule has 0 heterocycles. The van der Waals surface area contributed by atoms with E-state index in [4.69, 9.17) is 0 Å². The molecule has 2 rings (SSSR count). The number of hydrogen-bond donors (Lipinski definition) is 1. The molecule has 4 atom stereocenters. The van der Waals surface area contributed by atoms with Crippen LogP contribution in [0.15, 0.2) is 23.8 Å². The lowest BCUT2D eigenvalue weighted by Gasteiger charge is -2.49. The highest BCUT2D eigenvalue weighted by Gasteiger charge is 2.46. The topological polar surface area (TPSA) is 20.2 Å². The van der Waals surface area contributed by atoms with Gasteiger partial charge in [-0.05, 0) is 56.8 Å². The van der Waals surface area contributed by atoms with Gasteiger partial charge in [0.2, 0.25) is 0 Å². The lowest BCUT2D eigenvalue weighted by atomic mass is 9.58. The van der Waals surface area contributed by atoms with Crippen LogP contribution < -0.4 is 0 Å². The Hall–Kier alpha value is -0.560. The van der Waals surface area contributed by atoms with E-state index < -0.39 is 5.60 Å². The van der Waals surface area contributed by atoms with Gasteiger partial charge >= 0.3 is 0 Å². The molecule has 1 saturated carbocycles. The van der Waals surface area contributed by atoms with Crippen LogP contribution >= 0.6 is 0 Å². The lowest BCUT2D eigenvalue weighted by Crippen LogP contribution is -2.48. The van der Waals surface area contributed by atoms with Crippen molar-refractivity contribution in [2.45, 2.75) is 52.6 Å². The van der Waals surface area contributed by atoms with Gasteiger partial charge < -0.3 is 5.11 Å². The summed E-state index contributed by atoms with van der Waals surface area (Å²) < 4.78 is 0. The molecule has 17 heavy (non-hydrogen) atoms. The summed E-state index contributed by atoms with van der Waals surface area (Å²) in [6.07, 6.45) is 5.46. The van der Waals surface area contributed by atoms with Crippen molar-refractivity contribution in [2.24, 2.45) is 23.7 Å². The number of aliphatic hydroxyl groups is 1. The first-order chi connectivity index (χ1) is 7.83. The summed E-state index contributed by atoms with van der Waals surface area (Å²) in [6.45, 7) is 13.0. The molecule has 0 saturated heterocycles. The van der Waals surface area contributed by atoms with Crippen LogP contribution in [0.25, 0.3) is 0 Å². The molecule has 0 spiro atoms. The summed E-state index contributed by atoms with van der Waals surface area (Å²) in [7, 11) is 0. The third-order valence-electron chi connectivity index (χ3n) is 5.06. The molecule has 2 aliphatic rings. The molecule has 0 aliphatic heterocycles. The Balaban J connectivity index is 2.35. The van der Waals surface area contributed by atoms with E-state index in [-0.39, 0.29) is 0 Å². The maximum atomic E-state index is 10.6. The minimum atomic E-state index is -0.504. The molecule has 0 aromatic carbocycles. The molecule has 1 N–H and O–H groups in total. The molecular formula is C16H26O. The van der Waals surface area contributed by atoms with Gasteiger partial charge in [-0.1, -0.05) is 37.6 Å². The van der Waals surface area contributed by atoms with Gasteiger partial charge in [-0.2, -0.15) is 0 Å². The second-order valence-electron chi connectivity index (χ2n) is 6.64. The van der Waals surface area contributed by atoms with Gasteiger partial charge in [-0.15, -0.1) is 0 Å². The fraction of sp³-hybridized carbons (Fsp3) is 0.750. The van der Waals surface area contributed by atoms with Crippen molar-refractivity contribution >= 4 is 0 Å². The standard InChI is InChI=1S/C16H26O/c1-10(2)13-6-7-16(5,17)15-9-12(4)11(3)8-14(13)15/h8,10,13-15,17H,4,6-7,9H2,1-3,5H3/t13-,14+,15-,16-/m1/s1. The minimum Gasteiger partial charge on any atom is -0.390 e. The second kappa shape index (κ2) is 4.28. The van der Waals surface area contributed by atoms with Crippen molar-refractivity contribution < 1.29 is 5.11 Å². The SMILES string of the molecule is C=C1C[C@@H]2[C@@H](C=C1C)[C@@H](C(C)C)CC[C@@]2(C)O. The molecule has 1 fully saturated rings. The average molecular weight is 234 g/mol. The molecule has 0 radical (unpaired) electrons. The van der Waals surface area contributed by atoms with Crippen LogP contribution in [0.5, 0.6) is 0 Å².